The number of alkyl halides is 2. The number of rotatable bonds is 10. The molecule has 2 atom stereocenters. The normalized spacial score (nSPS) is 20.4. The number of anilines is 3. The third-order valence-corrected chi connectivity index (χ3v) is 10.1. The molecule has 0 saturated carbocycles. The zero-order chi connectivity index (χ0) is 36.4. The van der Waals surface area contributed by atoms with Crippen LogP contribution in [0.5, 0.6) is 5.75 Å². The minimum absolute atomic E-state index is 0.0601. The Kier molecular flexibility index (Phi) is 9.97. The zero-order valence-corrected chi connectivity index (χ0v) is 28.6. The van der Waals surface area contributed by atoms with Crippen LogP contribution in [-0.2, 0) is 25.8 Å². The van der Waals surface area contributed by atoms with E-state index >= 15 is 13.2 Å². The molecule has 270 valence electrons. The quantitative estimate of drug-likeness (QED) is 0.126. The predicted molar refractivity (Wildman–Crippen MR) is 191 cm³/mol. The van der Waals surface area contributed by atoms with Gasteiger partial charge in [-0.1, -0.05) is 42.5 Å². The lowest BCUT2D eigenvalue weighted by Gasteiger charge is -2.38. The van der Waals surface area contributed by atoms with E-state index in [1.165, 1.54) is 21.3 Å². The molecule has 4 N–H and O–H groups in total. The lowest BCUT2D eigenvalue weighted by molar-refractivity contribution is -0.133. The number of fused-ring (bicyclic) bond motifs is 1. The van der Waals surface area contributed by atoms with Gasteiger partial charge < -0.3 is 15.4 Å². The average molecular weight is 733 g/mol. The van der Waals surface area contributed by atoms with Gasteiger partial charge in [0.2, 0.25) is 17.7 Å². The van der Waals surface area contributed by atoms with Crippen molar-refractivity contribution >= 4 is 63.6 Å². The molecule has 3 aliphatic rings. The molecule has 3 saturated heterocycles. The van der Waals surface area contributed by atoms with Gasteiger partial charge in [0.25, 0.3) is 11.8 Å². The van der Waals surface area contributed by atoms with Gasteiger partial charge in [0.1, 0.15) is 30.6 Å². The second-order valence-electron chi connectivity index (χ2n) is 13.0. The van der Waals surface area contributed by atoms with Crippen LogP contribution >= 0.6 is 12.1 Å². The summed E-state index contributed by atoms with van der Waals surface area (Å²) in [6.07, 6.45) is 0.697. The highest BCUT2D eigenvalue weighted by molar-refractivity contribution is 7.99. The largest absolute Gasteiger partial charge is 0.487 e. The summed E-state index contributed by atoms with van der Waals surface area (Å²) in [7, 11) is 0. The molecule has 3 aliphatic heterocycles. The Morgan fingerprint density at radius 1 is 0.962 bits per heavy atom. The first-order chi connectivity index (χ1) is 25.0. The summed E-state index contributed by atoms with van der Waals surface area (Å²) in [6.45, 7) is -0.509. The summed E-state index contributed by atoms with van der Waals surface area (Å²) in [5, 5.41) is 8.78. The van der Waals surface area contributed by atoms with E-state index in [1.54, 1.807) is 36.4 Å². The van der Waals surface area contributed by atoms with Crippen LogP contribution in [0.4, 0.5) is 30.2 Å². The van der Waals surface area contributed by atoms with E-state index in [1.807, 2.05) is 30.3 Å². The molecular formula is C37H35F3N6O5S. The Morgan fingerprint density at radius 3 is 2.44 bits per heavy atom. The SMILES string of the molecule is O=C1CN(c2c(OCc3ccccc3)cc3cc(NC(=O)CN4CCC(c5ccc(NC6CCC(=O)NC6=O)cc5)C(F)(F)C4)ccc3c2F)SN1. The molecule has 7 rings (SSSR count). The van der Waals surface area contributed by atoms with Crippen LogP contribution in [-0.4, -0.2) is 66.7 Å². The fourth-order valence-electron chi connectivity index (χ4n) is 6.71. The molecule has 0 aliphatic carbocycles. The molecule has 0 spiro atoms. The number of likely N-dealkylation sites (tertiary alicyclic amines) is 1. The molecule has 0 radical (unpaired) electrons. The van der Waals surface area contributed by atoms with Gasteiger partial charge >= 0.3 is 0 Å². The second-order valence-corrected chi connectivity index (χ2v) is 13.9. The molecule has 0 aromatic heterocycles. The smallest absolute Gasteiger partial charge is 0.267 e. The van der Waals surface area contributed by atoms with Crippen LogP contribution in [0.25, 0.3) is 10.8 Å². The zero-order valence-electron chi connectivity index (χ0n) is 27.8. The van der Waals surface area contributed by atoms with Gasteiger partial charge in [-0.3, -0.25) is 38.4 Å². The molecule has 52 heavy (non-hydrogen) atoms. The highest BCUT2D eigenvalue weighted by Gasteiger charge is 2.45. The number of nitrogens with zero attached hydrogens (tertiary/aromatic N) is 2. The Balaban J connectivity index is 0.995. The number of nitrogens with one attached hydrogen (secondary N) is 4. The summed E-state index contributed by atoms with van der Waals surface area (Å²) < 4.78 is 57.2. The van der Waals surface area contributed by atoms with Crippen molar-refractivity contribution in [3.8, 4) is 5.75 Å². The summed E-state index contributed by atoms with van der Waals surface area (Å²) >= 11 is 0.971. The fraction of sp³-hybridized carbons (Fsp3) is 0.297. The van der Waals surface area contributed by atoms with E-state index in [0.29, 0.717) is 28.7 Å². The van der Waals surface area contributed by atoms with E-state index in [9.17, 15) is 19.2 Å². The number of amides is 4. The molecule has 4 amide bonds. The maximum atomic E-state index is 16.0. The van der Waals surface area contributed by atoms with Crippen molar-refractivity contribution in [3.63, 3.8) is 0 Å². The van der Waals surface area contributed by atoms with Crippen molar-refractivity contribution in [2.24, 2.45) is 0 Å². The fourth-order valence-corrected chi connectivity index (χ4v) is 7.43. The van der Waals surface area contributed by atoms with Crippen LogP contribution in [0.1, 0.15) is 36.3 Å². The maximum Gasteiger partial charge on any atom is 0.267 e. The van der Waals surface area contributed by atoms with Crippen molar-refractivity contribution in [3.05, 3.63) is 95.8 Å². The Morgan fingerprint density at radius 2 is 1.73 bits per heavy atom. The maximum absolute atomic E-state index is 16.0. The highest BCUT2D eigenvalue weighted by Crippen LogP contribution is 2.42. The van der Waals surface area contributed by atoms with Gasteiger partial charge in [-0.2, -0.15) is 0 Å². The molecular weight excluding hydrogens is 698 g/mol. The Bertz CT molecular complexity index is 2020. The standard InChI is InChI=1S/C37H35F3N6O5S/c38-34-27-11-10-26(16-24(27)17-30(35(34)46-19-33(49)44-52-46)51-20-22-4-2-1-3-5-22)42-32(48)18-45-15-14-28(37(39,40)21-45)23-6-8-25(9-7-23)41-29-12-13-31(47)43-36(29)50/h1-11,16-17,28-29,41H,12-15,18-21H2,(H,42,48)(H,44,49)(H,43,47,50). The van der Waals surface area contributed by atoms with Gasteiger partial charge in [-0.05, 0) is 72.3 Å². The van der Waals surface area contributed by atoms with E-state index in [-0.39, 0.29) is 67.7 Å². The number of carbonyl (C=O) groups excluding carboxylic acids is 4. The molecule has 0 bridgehead atoms. The summed E-state index contributed by atoms with van der Waals surface area (Å²) in [5.41, 5.74) is 2.38. The van der Waals surface area contributed by atoms with Crippen LogP contribution in [0, 0.1) is 5.82 Å². The third-order valence-electron chi connectivity index (χ3n) is 9.28. The van der Waals surface area contributed by atoms with E-state index in [2.05, 4.69) is 20.7 Å². The number of piperidine rings is 2. The number of hydrogen-bond donors (Lipinski definition) is 4. The molecule has 11 nitrogen and oxygen atoms in total. The number of halogens is 3. The predicted octanol–water partition coefficient (Wildman–Crippen LogP) is 5.34. The minimum atomic E-state index is -3.11. The molecule has 15 heteroatoms. The van der Waals surface area contributed by atoms with Crippen LogP contribution < -0.4 is 29.7 Å². The van der Waals surface area contributed by atoms with Gasteiger partial charge in [-0.25, -0.2) is 13.2 Å². The minimum Gasteiger partial charge on any atom is -0.487 e. The molecule has 4 aromatic rings. The monoisotopic (exact) mass is 732 g/mol. The van der Waals surface area contributed by atoms with Gasteiger partial charge in [-0.15, -0.1) is 0 Å². The van der Waals surface area contributed by atoms with Crippen molar-refractivity contribution in [1.82, 2.24) is 14.9 Å². The van der Waals surface area contributed by atoms with E-state index in [0.717, 1.165) is 17.7 Å². The third kappa shape index (κ3) is 7.79. The number of carbonyl (C=O) groups is 4. The van der Waals surface area contributed by atoms with Crippen LogP contribution in [0.2, 0.25) is 0 Å². The first-order valence-corrected chi connectivity index (χ1v) is 17.6. The molecule has 2 unspecified atom stereocenters. The lowest BCUT2D eigenvalue weighted by Crippen LogP contribution is -2.49. The van der Waals surface area contributed by atoms with E-state index < -0.39 is 42.1 Å². The summed E-state index contributed by atoms with van der Waals surface area (Å²) in [6, 6.07) is 21.6. The first kappa shape index (κ1) is 35.1. The molecule has 3 heterocycles. The molecule has 4 aromatic carbocycles. The van der Waals surface area contributed by atoms with E-state index in [4.69, 9.17) is 4.74 Å². The number of imide groups is 1. The second kappa shape index (κ2) is 14.8. The average Bonchev–Trinajstić information content (AvgIpc) is 3.54. The molecule has 3 fully saturated rings. The Hall–Kier alpha value is -5.28. The van der Waals surface area contributed by atoms with Crippen molar-refractivity contribution in [2.75, 3.05) is 41.1 Å². The van der Waals surface area contributed by atoms with Crippen LogP contribution in [0.15, 0.2) is 78.9 Å². The van der Waals surface area contributed by atoms with Gasteiger partial charge in [0.15, 0.2) is 5.82 Å². The number of benzene rings is 4. The summed E-state index contributed by atoms with van der Waals surface area (Å²) in [4.78, 5) is 49.9. The highest BCUT2D eigenvalue weighted by atomic mass is 32.2. The summed E-state index contributed by atoms with van der Waals surface area (Å²) in [5.74, 6) is -6.04. The number of ether oxygens (including phenoxy) is 1. The van der Waals surface area contributed by atoms with Gasteiger partial charge in [0, 0.05) is 23.2 Å². The van der Waals surface area contributed by atoms with Crippen molar-refractivity contribution < 1.29 is 37.1 Å². The lowest BCUT2D eigenvalue weighted by atomic mass is 9.86. The van der Waals surface area contributed by atoms with Crippen LogP contribution in [0.3, 0.4) is 0 Å². The van der Waals surface area contributed by atoms with Crippen molar-refractivity contribution in [1.29, 1.82) is 0 Å². The first-order valence-electron chi connectivity index (χ1n) is 16.8. The Labute approximate surface area is 301 Å². The van der Waals surface area contributed by atoms with Gasteiger partial charge in [0.05, 0.1) is 31.1 Å². The van der Waals surface area contributed by atoms with Crippen molar-refractivity contribution in [2.45, 2.75) is 43.8 Å². The number of hydrogen-bond acceptors (Lipinski definition) is 9. The topological polar surface area (TPSA) is 132 Å².